The molecule has 0 aliphatic carbocycles. The van der Waals surface area contributed by atoms with Crippen molar-refractivity contribution in [1.82, 2.24) is 29.6 Å². The van der Waals surface area contributed by atoms with E-state index in [9.17, 15) is 4.79 Å². The molecule has 1 unspecified atom stereocenters. The lowest BCUT2D eigenvalue weighted by Crippen LogP contribution is -2.28. The van der Waals surface area contributed by atoms with Crippen molar-refractivity contribution in [2.45, 2.75) is 26.2 Å². The van der Waals surface area contributed by atoms with Gasteiger partial charge in [-0.1, -0.05) is 6.07 Å². The molecular weight excluding hydrogens is 328 g/mol. The van der Waals surface area contributed by atoms with Crippen LogP contribution < -0.4 is 0 Å². The summed E-state index contributed by atoms with van der Waals surface area (Å²) in [5.41, 5.74) is 3.48. The highest BCUT2D eigenvalue weighted by atomic mass is 16.2. The zero-order valence-corrected chi connectivity index (χ0v) is 14.8. The summed E-state index contributed by atoms with van der Waals surface area (Å²) in [6.45, 7) is 5.33. The van der Waals surface area contributed by atoms with Crippen molar-refractivity contribution in [2.75, 3.05) is 13.1 Å². The smallest absolute Gasteiger partial charge is 0.253 e. The maximum atomic E-state index is 12.9. The van der Waals surface area contributed by atoms with E-state index in [1.54, 1.807) is 17.2 Å². The maximum Gasteiger partial charge on any atom is 0.253 e. The molecule has 0 spiro atoms. The highest BCUT2D eigenvalue weighted by Gasteiger charge is 2.30. The highest BCUT2D eigenvalue weighted by molar-refractivity contribution is 5.95. The lowest BCUT2D eigenvalue weighted by atomic mass is 10.1. The quantitative estimate of drug-likeness (QED) is 0.726. The molecule has 0 saturated carbocycles. The van der Waals surface area contributed by atoms with Crippen LogP contribution in [-0.4, -0.2) is 48.6 Å². The van der Waals surface area contributed by atoms with E-state index in [-0.39, 0.29) is 11.8 Å². The second-order valence-corrected chi connectivity index (χ2v) is 6.67. The van der Waals surface area contributed by atoms with E-state index in [0.29, 0.717) is 12.1 Å². The number of rotatable bonds is 3. The molecule has 7 heteroatoms. The Hall–Kier alpha value is -3.09. The van der Waals surface area contributed by atoms with E-state index in [1.807, 2.05) is 49.1 Å². The Morgan fingerprint density at radius 1 is 1.08 bits per heavy atom. The number of likely N-dealkylation sites (tertiary alicyclic amines) is 1. The Kier molecular flexibility index (Phi) is 4.20. The lowest BCUT2D eigenvalue weighted by molar-refractivity contribution is 0.0790. The van der Waals surface area contributed by atoms with Crippen LogP contribution in [0.25, 0.3) is 5.69 Å². The number of carbonyl (C=O) groups excluding carboxylic acids is 1. The highest BCUT2D eigenvalue weighted by Crippen LogP contribution is 2.26. The average Bonchev–Trinajstić information content (AvgIpc) is 3.32. The van der Waals surface area contributed by atoms with Gasteiger partial charge in [0, 0.05) is 41.6 Å². The first-order valence-electron chi connectivity index (χ1n) is 8.66. The molecule has 4 rings (SSSR count). The van der Waals surface area contributed by atoms with Crippen molar-refractivity contribution in [2.24, 2.45) is 0 Å². The van der Waals surface area contributed by atoms with Gasteiger partial charge in [0.05, 0.1) is 0 Å². The fourth-order valence-corrected chi connectivity index (χ4v) is 3.41. The molecule has 7 nitrogen and oxygen atoms in total. The summed E-state index contributed by atoms with van der Waals surface area (Å²) in [7, 11) is 0. The van der Waals surface area contributed by atoms with Crippen molar-refractivity contribution in [1.29, 1.82) is 0 Å². The maximum absolute atomic E-state index is 12.9. The van der Waals surface area contributed by atoms with Crippen molar-refractivity contribution in [3.8, 4) is 5.69 Å². The zero-order valence-electron chi connectivity index (χ0n) is 14.8. The number of aromatic nitrogens is 5. The molecular formula is C19H20N6O. The van der Waals surface area contributed by atoms with Crippen LogP contribution in [0.5, 0.6) is 0 Å². The Bertz CT molecular complexity index is 917. The third-order valence-corrected chi connectivity index (χ3v) is 4.65. The predicted octanol–water partition coefficient (Wildman–Crippen LogP) is 2.30. The van der Waals surface area contributed by atoms with E-state index in [0.717, 1.165) is 35.9 Å². The van der Waals surface area contributed by atoms with E-state index in [1.165, 1.54) is 0 Å². The van der Waals surface area contributed by atoms with Crippen molar-refractivity contribution < 1.29 is 4.79 Å². The molecule has 2 aromatic heterocycles. The summed E-state index contributed by atoms with van der Waals surface area (Å²) < 4.78 is 1.78. The Morgan fingerprint density at radius 2 is 1.81 bits per heavy atom. The van der Waals surface area contributed by atoms with Gasteiger partial charge in [-0.05, 0) is 44.5 Å². The molecule has 1 aliphatic rings. The monoisotopic (exact) mass is 348 g/mol. The van der Waals surface area contributed by atoms with Crippen LogP contribution in [0.15, 0.2) is 43.0 Å². The SMILES string of the molecule is Cc1cc(C)nc(C2CCN(C(=O)c3cccc(-n4cnnc4)c3)C2)n1. The standard InChI is InChI=1S/C19H20N6O/c1-13-8-14(2)23-18(22-13)16-6-7-24(10-16)19(26)15-4-3-5-17(9-15)25-11-20-21-12-25/h3-5,8-9,11-12,16H,6-7,10H2,1-2H3. The van der Waals surface area contributed by atoms with Gasteiger partial charge in [0.1, 0.15) is 18.5 Å². The second-order valence-electron chi connectivity index (χ2n) is 6.67. The number of carbonyl (C=O) groups is 1. The summed E-state index contributed by atoms with van der Waals surface area (Å²) >= 11 is 0. The minimum atomic E-state index is 0.0341. The average molecular weight is 348 g/mol. The Balaban J connectivity index is 1.52. The first-order valence-corrected chi connectivity index (χ1v) is 8.66. The number of benzene rings is 1. The molecule has 0 N–H and O–H groups in total. The first-order chi connectivity index (χ1) is 12.6. The number of amides is 1. The van der Waals surface area contributed by atoms with Crippen LogP contribution in [0.3, 0.4) is 0 Å². The third kappa shape index (κ3) is 3.20. The molecule has 1 fully saturated rings. The molecule has 1 amide bonds. The largest absolute Gasteiger partial charge is 0.338 e. The normalized spacial score (nSPS) is 16.8. The Labute approximate surface area is 151 Å². The van der Waals surface area contributed by atoms with E-state index < -0.39 is 0 Å². The van der Waals surface area contributed by atoms with Crippen LogP contribution in [0.2, 0.25) is 0 Å². The van der Waals surface area contributed by atoms with E-state index >= 15 is 0 Å². The fourth-order valence-electron chi connectivity index (χ4n) is 3.41. The predicted molar refractivity (Wildman–Crippen MR) is 96.1 cm³/mol. The molecule has 0 bridgehead atoms. The summed E-state index contributed by atoms with van der Waals surface area (Å²) in [6.07, 6.45) is 4.12. The number of hydrogen-bond acceptors (Lipinski definition) is 5. The summed E-state index contributed by atoms with van der Waals surface area (Å²) in [5, 5.41) is 7.62. The van der Waals surface area contributed by atoms with Crippen LogP contribution >= 0.6 is 0 Å². The number of aryl methyl sites for hydroxylation is 2. The van der Waals surface area contributed by atoms with Gasteiger partial charge in [-0.2, -0.15) is 0 Å². The Morgan fingerprint density at radius 3 is 2.54 bits per heavy atom. The van der Waals surface area contributed by atoms with E-state index in [4.69, 9.17) is 0 Å². The topological polar surface area (TPSA) is 76.8 Å². The van der Waals surface area contributed by atoms with Gasteiger partial charge < -0.3 is 4.90 Å². The zero-order chi connectivity index (χ0) is 18.1. The minimum absolute atomic E-state index is 0.0341. The van der Waals surface area contributed by atoms with Gasteiger partial charge in [0.2, 0.25) is 0 Å². The molecule has 26 heavy (non-hydrogen) atoms. The molecule has 3 heterocycles. The van der Waals surface area contributed by atoms with E-state index in [2.05, 4.69) is 20.2 Å². The second kappa shape index (κ2) is 6.67. The van der Waals surface area contributed by atoms with Crippen LogP contribution in [0, 0.1) is 13.8 Å². The number of hydrogen-bond donors (Lipinski definition) is 0. The van der Waals surface area contributed by atoms with Gasteiger partial charge in [-0.15, -0.1) is 10.2 Å². The van der Waals surface area contributed by atoms with Crippen molar-refractivity contribution >= 4 is 5.91 Å². The lowest BCUT2D eigenvalue weighted by Gasteiger charge is -2.17. The molecule has 3 aromatic rings. The van der Waals surface area contributed by atoms with Gasteiger partial charge >= 0.3 is 0 Å². The molecule has 1 aliphatic heterocycles. The summed E-state index contributed by atoms with van der Waals surface area (Å²) in [5.74, 6) is 1.07. The fraction of sp³-hybridized carbons (Fsp3) is 0.316. The molecule has 1 saturated heterocycles. The van der Waals surface area contributed by atoms with Gasteiger partial charge in [0.25, 0.3) is 5.91 Å². The van der Waals surface area contributed by atoms with Gasteiger partial charge in [0.15, 0.2) is 0 Å². The molecule has 132 valence electrons. The van der Waals surface area contributed by atoms with Gasteiger partial charge in [-0.25, -0.2) is 9.97 Å². The van der Waals surface area contributed by atoms with Crippen LogP contribution in [-0.2, 0) is 0 Å². The molecule has 0 radical (unpaired) electrons. The number of nitrogens with zero attached hydrogens (tertiary/aromatic N) is 6. The van der Waals surface area contributed by atoms with Gasteiger partial charge in [-0.3, -0.25) is 9.36 Å². The minimum Gasteiger partial charge on any atom is -0.338 e. The van der Waals surface area contributed by atoms with Crippen LogP contribution in [0.4, 0.5) is 0 Å². The summed E-state index contributed by atoms with van der Waals surface area (Å²) in [4.78, 5) is 23.9. The van der Waals surface area contributed by atoms with Crippen molar-refractivity contribution in [3.05, 3.63) is 65.8 Å². The molecule has 1 aromatic carbocycles. The third-order valence-electron chi connectivity index (χ3n) is 4.65. The first kappa shape index (κ1) is 16.4. The molecule has 1 atom stereocenters. The summed E-state index contributed by atoms with van der Waals surface area (Å²) in [6, 6.07) is 9.49. The van der Waals surface area contributed by atoms with Crippen molar-refractivity contribution in [3.63, 3.8) is 0 Å². The van der Waals surface area contributed by atoms with Crippen LogP contribution in [0.1, 0.15) is 39.9 Å².